The third-order valence-electron chi connectivity index (χ3n) is 6.06. The number of hydrogen-bond donors (Lipinski definition) is 3. The van der Waals surface area contributed by atoms with E-state index in [2.05, 4.69) is 20.9 Å². The molecule has 0 saturated heterocycles. The maximum Gasteiger partial charge on any atom is 0.272 e. The second kappa shape index (κ2) is 14.6. The highest BCUT2D eigenvalue weighted by atomic mass is 35.5. The summed E-state index contributed by atoms with van der Waals surface area (Å²) in [6.45, 7) is 0. The number of thiazole rings is 1. The number of carbonyl (C=O) groups is 3. The highest BCUT2D eigenvalue weighted by molar-refractivity contribution is 8.00. The van der Waals surface area contributed by atoms with Crippen LogP contribution in [-0.2, 0) is 9.59 Å². The van der Waals surface area contributed by atoms with Crippen LogP contribution < -0.4 is 16.0 Å². The summed E-state index contributed by atoms with van der Waals surface area (Å²) in [6.07, 6.45) is 1.55. The zero-order chi connectivity index (χ0) is 30.9. The lowest BCUT2D eigenvalue weighted by atomic mass is 10.1. The Kier molecular flexibility index (Phi) is 10.2. The van der Waals surface area contributed by atoms with Gasteiger partial charge in [-0.15, -0.1) is 23.1 Å². The number of aromatic nitrogens is 1. The van der Waals surface area contributed by atoms with Crippen molar-refractivity contribution in [2.45, 2.75) is 4.90 Å². The summed E-state index contributed by atoms with van der Waals surface area (Å²) in [5.74, 6) is -1.35. The molecule has 7 nitrogen and oxygen atoms in total. The zero-order valence-electron chi connectivity index (χ0n) is 22.9. The zero-order valence-corrected chi connectivity index (χ0v) is 25.3. The van der Waals surface area contributed by atoms with Gasteiger partial charge in [-0.2, -0.15) is 0 Å². The fourth-order valence-electron chi connectivity index (χ4n) is 3.93. The van der Waals surface area contributed by atoms with E-state index in [1.807, 2.05) is 0 Å². The van der Waals surface area contributed by atoms with Gasteiger partial charge in [0.05, 0.1) is 11.4 Å². The maximum absolute atomic E-state index is 13.2. The van der Waals surface area contributed by atoms with E-state index in [4.69, 9.17) is 11.6 Å². The van der Waals surface area contributed by atoms with E-state index in [1.54, 1.807) is 102 Å². The van der Waals surface area contributed by atoms with Crippen molar-refractivity contribution in [2.75, 3.05) is 16.4 Å². The van der Waals surface area contributed by atoms with E-state index in [1.165, 1.54) is 35.2 Å². The number of anilines is 2. The minimum absolute atomic E-state index is 0.0426. The van der Waals surface area contributed by atoms with Gasteiger partial charge in [0.15, 0.2) is 5.13 Å². The number of carbonyl (C=O) groups excluding carboxylic acids is 3. The van der Waals surface area contributed by atoms with Crippen LogP contribution in [0.15, 0.2) is 119 Å². The lowest BCUT2D eigenvalue weighted by molar-refractivity contribution is -0.114. The molecule has 3 N–H and O–H groups in total. The molecule has 0 aliphatic heterocycles. The lowest BCUT2D eigenvalue weighted by Gasteiger charge is -2.12. The SMILES string of the molecule is O=C(CSc1ccc(NC(=O)/C(=C/c2cccc(Cl)c2)NC(=O)c2ccccc2)cc1)Nc1nc(-c2ccc(F)cc2)cs1. The molecular formula is C33H24ClFN4O3S2. The van der Waals surface area contributed by atoms with Gasteiger partial charge in [0.2, 0.25) is 5.91 Å². The van der Waals surface area contributed by atoms with E-state index in [9.17, 15) is 18.8 Å². The average Bonchev–Trinajstić information content (AvgIpc) is 3.49. The molecule has 11 heteroatoms. The predicted octanol–water partition coefficient (Wildman–Crippen LogP) is 7.74. The van der Waals surface area contributed by atoms with Crippen molar-refractivity contribution in [1.82, 2.24) is 10.3 Å². The molecule has 0 fully saturated rings. The molecule has 44 heavy (non-hydrogen) atoms. The number of hydrogen-bond acceptors (Lipinski definition) is 6. The Bertz CT molecular complexity index is 1810. The normalized spacial score (nSPS) is 11.1. The third kappa shape index (κ3) is 8.63. The Labute approximate surface area is 266 Å². The van der Waals surface area contributed by atoms with Gasteiger partial charge in [-0.25, -0.2) is 9.37 Å². The van der Waals surface area contributed by atoms with Crippen molar-refractivity contribution in [1.29, 1.82) is 0 Å². The lowest BCUT2D eigenvalue weighted by Crippen LogP contribution is -2.30. The van der Waals surface area contributed by atoms with Gasteiger partial charge in [-0.05, 0) is 84.4 Å². The second-order valence-corrected chi connectivity index (χ2v) is 11.6. The van der Waals surface area contributed by atoms with Crippen molar-refractivity contribution in [2.24, 2.45) is 0 Å². The number of halogens is 2. The molecule has 0 bridgehead atoms. The summed E-state index contributed by atoms with van der Waals surface area (Å²) >= 11 is 8.72. The molecule has 0 aliphatic carbocycles. The Hall–Kier alpha value is -4.77. The van der Waals surface area contributed by atoms with Crippen molar-refractivity contribution in [3.05, 3.63) is 136 Å². The van der Waals surface area contributed by atoms with Gasteiger partial charge in [0.1, 0.15) is 11.5 Å². The van der Waals surface area contributed by atoms with Crippen molar-refractivity contribution < 1.29 is 18.8 Å². The van der Waals surface area contributed by atoms with Crippen LogP contribution >= 0.6 is 34.7 Å². The molecule has 220 valence electrons. The van der Waals surface area contributed by atoms with Crippen LogP contribution in [0, 0.1) is 5.82 Å². The van der Waals surface area contributed by atoms with Crippen LogP contribution in [0.3, 0.4) is 0 Å². The van der Waals surface area contributed by atoms with Crippen LogP contribution in [0.1, 0.15) is 15.9 Å². The Balaban J connectivity index is 1.18. The highest BCUT2D eigenvalue weighted by Gasteiger charge is 2.16. The number of thioether (sulfide) groups is 1. The van der Waals surface area contributed by atoms with Gasteiger partial charge in [0.25, 0.3) is 11.8 Å². The first-order chi connectivity index (χ1) is 21.3. The first-order valence-corrected chi connectivity index (χ1v) is 15.5. The molecule has 1 heterocycles. The number of benzene rings is 4. The van der Waals surface area contributed by atoms with E-state index in [0.29, 0.717) is 32.7 Å². The van der Waals surface area contributed by atoms with Crippen molar-refractivity contribution >= 4 is 69.3 Å². The van der Waals surface area contributed by atoms with Gasteiger partial charge in [-0.1, -0.05) is 41.9 Å². The summed E-state index contributed by atoms with van der Waals surface area (Å²) < 4.78 is 13.2. The summed E-state index contributed by atoms with van der Waals surface area (Å²) in [7, 11) is 0. The smallest absolute Gasteiger partial charge is 0.272 e. The maximum atomic E-state index is 13.2. The molecule has 3 amide bonds. The molecule has 0 atom stereocenters. The van der Waals surface area contributed by atoms with Crippen molar-refractivity contribution in [3.8, 4) is 11.3 Å². The first-order valence-electron chi connectivity index (χ1n) is 13.2. The standard InChI is InChI=1S/C33H24ClFN4O3S2/c34-24-8-4-5-21(17-24)18-28(37-31(41)23-6-2-1-3-7-23)32(42)36-26-13-15-27(16-14-26)43-20-30(40)39-33-38-29(19-44-33)22-9-11-25(35)12-10-22/h1-19H,20H2,(H,36,42)(H,37,41)(H,38,39,40)/b28-18-. The Morgan fingerprint density at radius 1 is 0.886 bits per heavy atom. The van der Waals surface area contributed by atoms with Crippen LogP contribution in [0.2, 0.25) is 5.02 Å². The van der Waals surface area contributed by atoms with Gasteiger partial charge in [0, 0.05) is 32.1 Å². The van der Waals surface area contributed by atoms with Crippen LogP contribution in [0.5, 0.6) is 0 Å². The molecule has 0 unspecified atom stereocenters. The third-order valence-corrected chi connectivity index (χ3v) is 8.07. The average molecular weight is 643 g/mol. The molecule has 5 rings (SSSR count). The predicted molar refractivity (Wildman–Crippen MR) is 175 cm³/mol. The quantitative estimate of drug-likeness (QED) is 0.107. The number of rotatable bonds is 10. The van der Waals surface area contributed by atoms with Gasteiger partial charge >= 0.3 is 0 Å². The monoisotopic (exact) mass is 642 g/mol. The number of nitrogens with one attached hydrogen (secondary N) is 3. The van der Waals surface area contributed by atoms with Crippen LogP contribution in [0.4, 0.5) is 15.2 Å². The fourth-order valence-corrected chi connectivity index (χ4v) is 5.56. The van der Waals surface area contributed by atoms with E-state index < -0.39 is 11.8 Å². The Morgan fingerprint density at radius 2 is 1.64 bits per heavy atom. The first kappa shape index (κ1) is 30.7. The summed E-state index contributed by atoms with van der Waals surface area (Å²) in [5.41, 5.74) is 3.01. The largest absolute Gasteiger partial charge is 0.321 e. The number of nitrogens with zero attached hydrogens (tertiary/aromatic N) is 1. The van der Waals surface area contributed by atoms with E-state index in [-0.39, 0.29) is 23.2 Å². The minimum atomic E-state index is -0.516. The molecule has 0 spiro atoms. The summed E-state index contributed by atoms with van der Waals surface area (Å²) in [5, 5.41) is 11.0. The Morgan fingerprint density at radius 3 is 2.36 bits per heavy atom. The van der Waals surface area contributed by atoms with E-state index in [0.717, 1.165) is 10.5 Å². The molecule has 0 radical (unpaired) electrons. The summed E-state index contributed by atoms with van der Waals surface area (Å²) in [4.78, 5) is 43.8. The van der Waals surface area contributed by atoms with Crippen molar-refractivity contribution in [3.63, 3.8) is 0 Å². The molecule has 4 aromatic carbocycles. The second-order valence-electron chi connectivity index (χ2n) is 9.29. The topological polar surface area (TPSA) is 100 Å². The van der Waals surface area contributed by atoms with Crippen LogP contribution in [0.25, 0.3) is 17.3 Å². The highest BCUT2D eigenvalue weighted by Crippen LogP contribution is 2.26. The molecular weight excluding hydrogens is 619 g/mol. The molecule has 1 aromatic heterocycles. The van der Waals surface area contributed by atoms with Gasteiger partial charge in [-0.3, -0.25) is 14.4 Å². The summed E-state index contributed by atoms with van der Waals surface area (Å²) in [6, 6.07) is 28.5. The number of amides is 3. The molecule has 0 saturated carbocycles. The minimum Gasteiger partial charge on any atom is -0.321 e. The van der Waals surface area contributed by atoms with Crippen LogP contribution in [-0.4, -0.2) is 28.5 Å². The fraction of sp³-hybridized carbons (Fsp3) is 0.0303. The molecule has 5 aromatic rings. The van der Waals surface area contributed by atoms with E-state index >= 15 is 0 Å². The van der Waals surface area contributed by atoms with Gasteiger partial charge < -0.3 is 16.0 Å². The molecule has 0 aliphatic rings.